The van der Waals surface area contributed by atoms with Crippen LogP contribution in [0.4, 0.5) is 0 Å². The molecule has 0 bridgehead atoms. The molecule has 1 aliphatic carbocycles. The number of carbonyl (C=O) groups is 6. The Morgan fingerprint density at radius 1 is 0.793 bits per heavy atom. The van der Waals surface area contributed by atoms with Crippen LogP contribution in [0, 0.1) is 29.1 Å². The Labute approximate surface area is 336 Å². The summed E-state index contributed by atoms with van der Waals surface area (Å²) in [6, 6.07) is 15.8. The highest BCUT2D eigenvalue weighted by Gasteiger charge is 2.67. The zero-order valence-electron chi connectivity index (χ0n) is 33.4. The van der Waals surface area contributed by atoms with Crippen molar-refractivity contribution in [2.75, 3.05) is 13.1 Å². The molecule has 1 atom stereocenters. The van der Waals surface area contributed by atoms with E-state index < -0.39 is 29.7 Å². The molecule has 0 aromatic heterocycles. The molecule has 6 amide bonds. The van der Waals surface area contributed by atoms with Crippen LogP contribution in [0.2, 0.25) is 0 Å². The van der Waals surface area contributed by atoms with E-state index in [1.165, 1.54) is 0 Å². The molecule has 2 saturated heterocycles. The summed E-state index contributed by atoms with van der Waals surface area (Å²) in [5.41, 5.74) is 5.33. The zero-order chi connectivity index (χ0) is 41.0. The highest BCUT2D eigenvalue weighted by Crippen LogP contribution is 2.59. The summed E-state index contributed by atoms with van der Waals surface area (Å²) in [6.07, 6.45) is 1.57. The van der Waals surface area contributed by atoms with Crippen molar-refractivity contribution in [3.05, 3.63) is 98.6 Å². The summed E-state index contributed by atoms with van der Waals surface area (Å²) >= 11 is 0. The number of imide groups is 2. The molecule has 1 N–H and O–H groups in total. The van der Waals surface area contributed by atoms with E-state index >= 15 is 0 Å². The lowest BCUT2D eigenvalue weighted by atomic mass is 9.49. The van der Waals surface area contributed by atoms with E-state index in [4.69, 9.17) is 4.74 Å². The topological polar surface area (TPSA) is 160 Å². The Morgan fingerprint density at radius 2 is 1.45 bits per heavy atom. The summed E-state index contributed by atoms with van der Waals surface area (Å²) in [7, 11) is 0. The van der Waals surface area contributed by atoms with Crippen molar-refractivity contribution in [2.24, 2.45) is 10.8 Å². The maximum absolute atomic E-state index is 13.9. The number of hydrogen-bond acceptors (Lipinski definition) is 9. The van der Waals surface area contributed by atoms with Crippen LogP contribution in [0.3, 0.4) is 0 Å². The van der Waals surface area contributed by atoms with Gasteiger partial charge in [0.25, 0.3) is 23.6 Å². The molecule has 1 saturated carbocycles. The van der Waals surface area contributed by atoms with Gasteiger partial charge < -0.3 is 14.5 Å². The minimum atomic E-state index is -0.994. The molecule has 6 aliphatic rings. The van der Waals surface area contributed by atoms with E-state index in [0.717, 1.165) is 40.0 Å². The van der Waals surface area contributed by atoms with Gasteiger partial charge in [-0.3, -0.25) is 43.9 Å². The minimum Gasteiger partial charge on any atom is -0.489 e. The monoisotopic (exact) mass is 782 g/mol. The first-order chi connectivity index (χ1) is 27.6. The number of likely N-dealkylation sites (tertiary alicyclic amines) is 1. The van der Waals surface area contributed by atoms with Crippen molar-refractivity contribution in [3.63, 3.8) is 0 Å². The number of nitriles is 1. The number of rotatable bonds is 6. The number of nitrogens with zero attached hydrogens (tertiary/aromatic N) is 5. The van der Waals surface area contributed by atoms with Crippen molar-refractivity contribution in [2.45, 2.75) is 104 Å². The van der Waals surface area contributed by atoms with Crippen LogP contribution in [0.5, 0.6) is 5.75 Å². The van der Waals surface area contributed by atoms with Crippen LogP contribution in [0.1, 0.15) is 123 Å². The Bertz CT molecular complexity index is 2340. The molecule has 0 spiro atoms. The van der Waals surface area contributed by atoms with Gasteiger partial charge in [-0.05, 0) is 97.0 Å². The minimum absolute atomic E-state index is 0.0363. The molecule has 3 fully saturated rings. The molecule has 298 valence electrons. The summed E-state index contributed by atoms with van der Waals surface area (Å²) < 4.78 is 6.54. The van der Waals surface area contributed by atoms with E-state index in [-0.39, 0.29) is 53.7 Å². The van der Waals surface area contributed by atoms with Gasteiger partial charge in [0.2, 0.25) is 11.8 Å². The Balaban J connectivity index is 0.819. The standard InChI is InChI=1S/C45H46N6O7/c1-24-16-31(8-6-26(24)20-46)58-43-44(2,3)42(45(43,4)5)50-23-29-17-25(7-9-32(29)39(50)55)38(54)48-14-12-30(13-15-48)49-21-27-18-33-34(19-28(27)22-49)41(57)51(40(33)56)35-10-11-36(52)47-37(35)53/h6-9,16-19,30,35,42-43H,10-15,21-23H2,1-5H3,(H,47,52,53)/t35?,42-,43-. The second-order valence-corrected chi connectivity index (χ2v) is 18.0. The first-order valence-electron chi connectivity index (χ1n) is 20.1. The number of fused-ring (bicyclic) bond motifs is 3. The van der Waals surface area contributed by atoms with Crippen molar-refractivity contribution in [1.82, 2.24) is 24.9 Å². The first kappa shape index (κ1) is 37.7. The van der Waals surface area contributed by atoms with E-state index in [1.54, 1.807) is 30.3 Å². The smallest absolute Gasteiger partial charge is 0.262 e. The SMILES string of the molecule is Cc1cc(O[C@H]2C(C)(C)[C@H](N3Cc4cc(C(=O)N5CCC(N6Cc7cc8c(cc7C6)C(=O)N(C6CCC(=O)NC6=O)C8=O)CC5)ccc4C3=O)C2(C)C)ccc1C#N. The summed E-state index contributed by atoms with van der Waals surface area (Å²) in [5, 5.41) is 11.6. The number of amides is 6. The van der Waals surface area contributed by atoms with E-state index in [9.17, 15) is 34.0 Å². The van der Waals surface area contributed by atoms with Gasteiger partial charge in [0, 0.05) is 73.2 Å². The second kappa shape index (κ2) is 13.3. The summed E-state index contributed by atoms with van der Waals surface area (Å²) in [5.74, 6) is -1.42. The molecule has 3 aromatic carbocycles. The van der Waals surface area contributed by atoms with Gasteiger partial charge >= 0.3 is 0 Å². The normalized spacial score (nSPS) is 24.9. The lowest BCUT2D eigenvalue weighted by molar-refractivity contribution is -0.199. The fraction of sp³-hybridized carbons (Fsp3) is 0.444. The Morgan fingerprint density at radius 3 is 2.05 bits per heavy atom. The molecular weight excluding hydrogens is 737 g/mol. The Kier molecular flexibility index (Phi) is 8.67. The fourth-order valence-corrected chi connectivity index (χ4v) is 11.1. The maximum Gasteiger partial charge on any atom is 0.262 e. The maximum atomic E-state index is 13.9. The number of aryl methyl sites for hydroxylation is 1. The molecule has 5 heterocycles. The molecule has 0 radical (unpaired) electrons. The van der Waals surface area contributed by atoms with E-state index in [1.807, 2.05) is 34.9 Å². The number of carbonyl (C=O) groups excluding carboxylic acids is 6. The highest BCUT2D eigenvalue weighted by molar-refractivity contribution is 6.23. The molecular formula is C45H46N6O7. The lowest BCUT2D eigenvalue weighted by Crippen LogP contribution is -2.74. The number of ether oxygens (including phenoxy) is 1. The average Bonchev–Trinajstić information content (AvgIpc) is 3.83. The molecule has 5 aliphatic heterocycles. The van der Waals surface area contributed by atoms with Crippen LogP contribution in [-0.2, 0) is 29.2 Å². The lowest BCUT2D eigenvalue weighted by Gasteiger charge is -2.65. The van der Waals surface area contributed by atoms with Crippen molar-refractivity contribution in [3.8, 4) is 11.8 Å². The number of piperidine rings is 2. The summed E-state index contributed by atoms with van der Waals surface area (Å²) in [4.78, 5) is 85.8. The summed E-state index contributed by atoms with van der Waals surface area (Å²) in [6.45, 7) is 13.2. The van der Waals surface area contributed by atoms with E-state index in [2.05, 4.69) is 44.0 Å². The van der Waals surface area contributed by atoms with Crippen LogP contribution in [-0.4, -0.2) is 92.4 Å². The number of hydrogen-bond donors (Lipinski definition) is 1. The van der Waals surface area contributed by atoms with Gasteiger partial charge in [0.1, 0.15) is 17.9 Å². The molecule has 3 aromatic rings. The van der Waals surface area contributed by atoms with Gasteiger partial charge in [0.05, 0.1) is 22.8 Å². The molecule has 1 unspecified atom stereocenters. The number of benzene rings is 3. The van der Waals surface area contributed by atoms with Gasteiger partial charge in [-0.2, -0.15) is 5.26 Å². The van der Waals surface area contributed by atoms with Crippen molar-refractivity contribution >= 4 is 35.4 Å². The molecule has 9 rings (SSSR count). The van der Waals surface area contributed by atoms with Gasteiger partial charge in [0.15, 0.2) is 0 Å². The van der Waals surface area contributed by atoms with E-state index in [0.29, 0.717) is 66.3 Å². The second-order valence-electron chi connectivity index (χ2n) is 18.0. The highest BCUT2D eigenvalue weighted by atomic mass is 16.5. The third-order valence-electron chi connectivity index (χ3n) is 13.6. The van der Waals surface area contributed by atoms with Crippen LogP contribution in [0.15, 0.2) is 48.5 Å². The Hall–Kier alpha value is -5.87. The van der Waals surface area contributed by atoms with Crippen molar-refractivity contribution < 1.29 is 33.5 Å². The molecule has 58 heavy (non-hydrogen) atoms. The quantitative estimate of drug-likeness (QED) is 0.349. The number of nitrogens with one attached hydrogen (secondary N) is 1. The molecule has 13 heteroatoms. The predicted molar refractivity (Wildman–Crippen MR) is 209 cm³/mol. The predicted octanol–water partition coefficient (Wildman–Crippen LogP) is 4.73. The third kappa shape index (κ3) is 5.74. The van der Waals surface area contributed by atoms with Gasteiger partial charge in [-0.25, -0.2) is 0 Å². The van der Waals surface area contributed by atoms with Crippen molar-refractivity contribution in [1.29, 1.82) is 5.26 Å². The third-order valence-corrected chi connectivity index (χ3v) is 13.6. The zero-order valence-corrected chi connectivity index (χ0v) is 33.4. The average molecular weight is 783 g/mol. The van der Waals surface area contributed by atoms with Gasteiger partial charge in [-0.15, -0.1) is 0 Å². The largest absolute Gasteiger partial charge is 0.489 e. The van der Waals surface area contributed by atoms with Gasteiger partial charge in [-0.1, -0.05) is 27.7 Å². The molecule has 13 nitrogen and oxygen atoms in total. The van der Waals surface area contributed by atoms with Crippen LogP contribution in [0.25, 0.3) is 0 Å². The fourth-order valence-electron chi connectivity index (χ4n) is 11.1. The first-order valence-corrected chi connectivity index (χ1v) is 20.1. The van der Waals surface area contributed by atoms with Crippen LogP contribution >= 0.6 is 0 Å². The van der Waals surface area contributed by atoms with Crippen LogP contribution < -0.4 is 10.1 Å².